The minimum absolute atomic E-state index is 0. The van der Waals surface area contributed by atoms with E-state index in [-0.39, 0.29) is 19.5 Å². The first-order chi connectivity index (χ1) is 7.72. The number of anilines is 2. The minimum Gasteiger partial charge on any atom is -0.436 e. The molecule has 1 aromatic heterocycles. The number of hydrogen-bond acceptors (Lipinski definition) is 3. The van der Waals surface area contributed by atoms with Crippen LogP contribution in [0, 0.1) is 6.07 Å². The van der Waals surface area contributed by atoms with Crippen LogP contribution in [-0.2, 0) is 19.5 Å². The summed E-state index contributed by atoms with van der Waals surface area (Å²) in [4.78, 5) is 4.51. The van der Waals surface area contributed by atoms with Crippen molar-refractivity contribution in [1.82, 2.24) is 4.98 Å². The summed E-state index contributed by atoms with van der Waals surface area (Å²) in [5.74, 6) is 0. The molecule has 1 radical (unpaired) electrons. The Morgan fingerprint density at radius 3 is 2.53 bits per heavy atom. The van der Waals surface area contributed by atoms with E-state index in [4.69, 9.17) is 11.5 Å². The van der Waals surface area contributed by atoms with E-state index in [9.17, 15) is 0 Å². The van der Waals surface area contributed by atoms with E-state index in [0.717, 1.165) is 21.8 Å². The van der Waals surface area contributed by atoms with Crippen molar-refractivity contribution < 1.29 is 19.5 Å². The fraction of sp³-hybridized carbons (Fsp3) is 0. The number of nitrogen functional groups attached to an aromatic ring is 2. The Balaban J connectivity index is 0.00000108. The molecule has 0 aliphatic carbocycles. The zero-order valence-electron chi connectivity index (χ0n) is 8.90. The van der Waals surface area contributed by atoms with Crippen LogP contribution >= 0.6 is 0 Å². The molecule has 0 amide bonds. The van der Waals surface area contributed by atoms with E-state index in [1.165, 1.54) is 0 Å². The molecule has 0 atom stereocenters. The third-order valence-corrected chi connectivity index (χ3v) is 2.57. The van der Waals surface area contributed by atoms with Crippen LogP contribution in [-0.4, -0.2) is 4.98 Å². The molecular weight excluding hydrogens is 301 g/mol. The molecule has 0 spiro atoms. The fourth-order valence-electron chi connectivity index (χ4n) is 1.79. The summed E-state index contributed by atoms with van der Waals surface area (Å²) in [6, 6.07) is 14.4. The summed E-state index contributed by atoms with van der Waals surface area (Å²) < 4.78 is 0. The zero-order chi connectivity index (χ0) is 11.1. The van der Waals surface area contributed by atoms with Crippen LogP contribution in [0.25, 0.3) is 21.8 Å². The van der Waals surface area contributed by atoms with Crippen molar-refractivity contribution in [2.24, 2.45) is 0 Å². The van der Waals surface area contributed by atoms with E-state index in [1.54, 1.807) is 6.07 Å². The Labute approximate surface area is 112 Å². The first kappa shape index (κ1) is 11.8. The standard InChI is InChI=1S/C13H10N3.Rh/c14-10-3-1-8-5-9-2-4-11(15)7-13(9)16-12(8)6-10;/h1,3-7H,14-15H2;/q-1;. The van der Waals surface area contributed by atoms with Gasteiger partial charge in [0.25, 0.3) is 0 Å². The van der Waals surface area contributed by atoms with Crippen LogP contribution in [0.5, 0.6) is 0 Å². The van der Waals surface area contributed by atoms with Crippen molar-refractivity contribution in [3.63, 3.8) is 0 Å². The Bertz CT molecular complexity index is 638. The van der Waals surface area contributed by atoms with Gasteiger partial charge in [0.2, 0.25) is 0 Å². The van der Waals surface area contributed by atoms with Crippen LogP contribution < -0.4 is 11.5 Å². The Kier molecular flexibility index (Phi) is 2.99. The summed E-state index contributed by atoms with van der Waals surface area (Å²) in [6.45, 7) is 0. The minimum atomic E-state index is 0. The maximum absolute atomic E-state index is 5.73. The largest absolute Gasteiger partial charge is 0.436 e. The first-order valence-corrected chi connectivity index (χ1v) is 4.99. The van der Waals surface area contributed by atoms with Gasteiger partial charge in [0.1, 0.15) is 0 Å². The molecule has 17 heavy (non-hydrogen) atoms. The molecule has 0 fully saturated rings. The maximum Gasteiger partial charge on any atom is 0.0523 e. The van der Waals surface area contributed by atoms with E-state index in [0.29, 0.717) is 11.4 Å². The van der Waals surface area contributed by atoms with Gasteiger partial charge in [0.15, 0.2) is 0 Å². The van der Waals surface area contributed by atoms with Gasteiger partial charge in [-0.05, 0) is 28.7 Å². The van der Waals surface area contributed by atoms with E-state index in [1.807, 2.05) is 30.3 Å². The van der Waals surface area contributed by atoms with E-state index < -0.39 is 0 Å². The average Bonchev–Trinajstić information content (AvgIpc) is 2.26. The van der Waals surface area contributed by atoms with Crippen molar-refractivity contribution in [1.29, 1.82) is 0 Å². The number of pyridine rings is 1. The Hall–Kier alpha value is -1.67. The van der Waals surface area contributed by atoms with Gasteiger partial charge in [-0.1, -0.05) is 12.1 Å². The smallest absolute Gasteiger partial charge is 0.0523 e. The molecule has 0 saturated carbocycles. The molecule has 3 rings (SSSR count). The third kappa shape index (κ3) is 2.09. The summed E-state index contributed by atoms with van der Waals surface area (Å²) in [7, 11) is 0. The topological polar surface area (TPSA) is 64.9 Å². The van der Waals surface area contributed by atoms with Crippen molar-refractivity contribution in [3.8, 4) is 0 Å². The Morgan fingerprint density at radius 2 is 1.71 bits per heavy atom. The van der Waals surface area contributed by atoms with Crippen molar-refractivity contribution in [2.45, 2.75) is 0 Å². The maximum atomic E-state index is 5.73. The van der Waals surface area contributed by atoms with E-state index in [2.05, 4.69) is 11.1 Å². The summed E-state index contributed by atoms with van der Waals surface area (Å²) in [5.41, 5.74) is 14.5. The Morgan fingerprint density at radius 1 is 0.941 bits per heavy atom. The van der Waals surface area contributed by atoms with Gasteiger partial charge >= 0.3 is 0 Å². The fourth-order valence-corrected chi connectivity index (χ4v) is 1.79. The molecule has 3 nitrogen and oxygen atoms in total. The normalized spacial score (nSPS) is 10.4. The van der Waals surface area contributed by atoms with Crippen LogP contribution in [0.15, 0.2) is 36.4 Å². The average molecular weight is 311 g/mol. The molecule has 0 bridgehead atoms. The number of fused-ring (bicyclic) bond motifs is 2. The molecule has 2 aromatic carbocycles. The van der Waals surface area contributed by atoms with Gasteiger partial charge in [-0.2, -0.15) is 0 Å². The SMILES string of the molecule is Nc1c[c-]c2cc3ccc(N)cc3nc2c1.[Rh]. The number of aromatic nitrogens is 1. The van der Waals surface area contributed by atoms with Crippen molar-refractivity contribution in [3.05, 3.63) is 42.5 Å². The van der Waals surface area contributed by atoms with Gasteiger partial charge in [0, 0.05) is 25.2 Å². The quantitative estimate of drug-likeness (QED) is 0.290. The first-order valence-electron chi connectivity index (χ1n) is 4.99. The van der Waals surface area contributed by atoms with Crippen LogP contribution in [0.1, 0.15) is 0 Å². The van der Waals surface area contributed by atoms with Gasteiger partial charge in [-0.15, -0.1) is 23.6 Å². The number of rotatable bonds is 0. The zero-order valence-corrected chi connectivity index (χ0v) is 10.5. The number of benzene rings is 2. The predicted molar refractivity (Wildman–Crippen MR) is 66.9 cm³/mol. The van der Waals surface area contributed by atoms with Gasteiger partial charge in [-0.25, -0.2) is 0 Å². The summed E-state index contributed by atoms with van der Waals surface area (Å²) in [6.07, 6.45) is 0. The molecule has 87 valence electrons. The number of nitrogens with two attached hydrogens (primary N) is 2. The second kappa shape index (κ2) is 4.30. The summed E-state index contributed by atoms with van der Waals surface area (Å²) >= 11 is 0. The molecule has 0 saturated heterocycles. The van der Waals surface area contributed by atoms with Crippen molar-refractivity contribution in [2.75, 3.05) is 11.5 Å². The molecule has 4 heteroatoms. The van der Waals surface area contributed by atoms with Gasteiger partial charge in [0.05, 0.1) is 5.52 Å². The van der Waals surface area contributed by atoms with Crippen LogP contribution in [0.3, 0.4) is 0 Å². The van der Waals surface area contributed by atoms with Gasteiger partial charge in [-0.3, -0.25) is 4.98 Å². The molecule has 0 unspecified atom stereocenters. The number of nitrogens with zero attached hydrogens (tertiary/aromatic N) is 1. The van der Waals surface area contributed by atoms with Crippen LogP contribution in [0.2, 0.25) is 0 Å². The van der Waals surface area contributed by atoms with Gasteiger partial charge < -0.3 is 11.5 Å². The number of hydrogen-bond donors (Lipinski definition) is 2. The predicted octanol–water partition coefficient (Wildman–Crippen LogP) is 2.35. The molecule has 0 aliphatic rings. The molecule has 0 aliphatic heterocycles. The second-order valence-corrected chi connectivity index (χ2v) is 3.81. The monoisotopic (exact) mass is 311 g/mol. The molecule has 3 aromatic rings. The van der Waals surface area contributed by atoms with Crippen LogP contribution in [0.4, 0.5) is 11.4 Å². The molecule has 4 N–H and O–H groups in total. The van der Waals surface area contributed by atoms with E-state index >= 15 is 0 Å². The van der Waals surface area contributed by atoms with Crippen molar-refractivity contribution >= 4 is 33.2 Å². The summed E-state index contributed by atoms with van der Waals surface area (Å²) in [5, 5.41) is 2.02. The molecular formula is C13H10N3Rh-. The molecule has 1 heterocycles. The second-order valence-electron chi connectivity index (χ2n) is 3.81. The third-order valence-electron chi connectivity index (χ3n) is 2.57.